The van der Waals surface area contributed by atoms with E-state index in [2.05, 4.69) is 10.0 Å². The van der Waals surface area contributed by atoms with Crippen molar-refractivity contribution in [1.82, 2.24) is 10.0 Å². The highest BCUT2D eigenvalue weighted by Gasteiger charge is 2.35. The molecular weight excluding hydrogens is 340 g/mol. The minimum absolute atomic E-state index is 0.110. The van der Waals surface area contributed by atoms with E-state index in [4.69, 9.17) is 0 Å². The van der Waals surface area contributed by atoms with E-state index in [-0.39, 0.29) is 29.5 Å². The van der Waals surface area contributed by atoms with E-state index in [9.17, 15) is 21.9 Å². The van der Waals surface area contributed by atoms with Crippen LogP contribution in [0.3, 0.4) is 0 Å². The molecule has 0 unspecified atom stereocenters. The van der Waals surface area contributed by atoms with Crippen LogP contribution < -0.4 is 10.0 Å². The largest absolute Gasteiger partial charge is 0.390 e. The molecule has 0 saturated carbocycles. The quantitative estimate of drug-likeness (QED) is 0.579. The van der Waals surface area contributed by atoms with Crippen LogP contribution >= 0.6 is 0 Å². The Morgan fingerprint density at radius 1 is 1.22 bits per heavy atom. The van der Waals surface area contributed by atoms with Crippen LogP contribution in [0, 0.1) is 13.8 Å². The first-order valence-electron chi connectivity index (χ1n) is 7.29. The van der Waals surface area contributed by atoms with Gasteiger partial charge in [-0.05, 0) is 31.0 Å². The first kappa shape index (κ1) is 18.3. The van der Waals surface area contributed by atoms with Gasteiger partial charge < -0.3 is 10.4 Å². The van der Waals surface area contributed by atoms with Crippen LogP contribution in [-0.2, 0) is 19.9 Å². The molecule has 0 aliphatic carbocycles. The zero-order valence-corrected chi connectivity index (χ0v) is 14.7. The summed E-state index contributed by atoms with van der Waals surface area (Å²) in [6, 6.07) is 4.66. The van der Waals surface area contributed by atoms with E-state index >= 15 is 0 Å². The average molecular weight is 362 g/mol. The second-order valence-corrected chi connectivity index (χ2v) is 9.76. The van der Waals surface area contributed by atoms with Crippen molar-refractivity contribution in [2.24, 2.45) is 0 Å². The number of nitrogens with one attached hydrogen (secondary N) is 2. The van der Waals surface area contributed by atoms with Gasteiger partial charge in [-0.25, -0.2) is 21.6 Å². The number of aliphatic hydroxyl groups excluding tert-OH is 1. The molecule has 0 aromatic heterocycles. The minimum atomic E-state index is -3.62. The molecule has 1 fully saturated rings. The summed E-state index contributed by atoms with van der Waals surface area (Å²) in [4.78, 5) is 0.237. The normalized spacial score (nSPS) is 24.0. The fourth-order valence-corrected chi connectivity index (χ4v) is 5.68. The molecular formula is C14H22N2O5S2. The summed E-state index contributed by atoms with van der Waals surface area (Å²) in [5, 5.41) is 12.5. The van der Waals surface area contributed by atoms with E-state index in [1.54, 1.807) is 19.1 Å². The van der Waals surface area contributed by atoms with E-state index < -0.39 is 32.0 Å². The Morgan fingerprint density at radius 3 is 2.52 bits per heavy atom. The predicted molar refractivity (Wildman–Crippen MR) is 87.6 cm³/mol. The van der Waals surface area contributed by atoms with Crippen molar-refractivity contribution < 1.29 is 21.9 Å². The van der Waals surface area contributed by atoms with Gasteiger partial charge in [-0.1, -0.05) is 12.1 Å². The molecule has 0 bridgehead atoms. The smallest absolute Gasteiger partial charge is 0.240 e. The van der Waals surface area contributed by atoms with Gasteiger partial charge in [0.1, 0.15) is 0 Å². The molecule has 130 valence electrons. The molecule has 1 heterocycles. The first-order valence-corrected chi connectivity index (χ1v) is 10.6. The SMILES string of the molecule is Cc1ccc(C)c(S(=O)(=O)NCCN[C@H]2CS(=O)(=O)C[C@H]2O)c1. The number of hydrogen-bond donors (Lipinski definition) is 3. The first-order chi connectivity index (χ1) is 10.6. The van der Waals surface area contributed by atoms with Crippen molar-refractivity contribution >= 4 is 19.9 Å². The van der Waals surface area contributed by atoms with Crippen molar-refractivity contribution in [3.63, 3.8) is 0 Å². The molecule has 0 spiro atoms. The molecule has 2 atom stereocenters. The topological polar surface area (TPSA) is 113 Å². The summed E-state index contributed by atoms with van der Waals surface area (Å²) >= 11 is 0. The molecule has 23 heavy (non-hydrogen) atoms. The zero-order valence-electron chi connectivity index (χ0n) is 13.1. The molecule has 1 aliphatic heterocycles. The lowest BCUT2D eigenvalue weighted by atomic mass is 10.2. The van der Waals surface area contributed by atoms with Crippen molar-refractivity contribution in [2.75, 3.05) is 24.6 Å². The second kappa shape index (κ2) is 6.86. The Labute approximate surface area is 137 Å². The standard InChI is InChI=1S/C14H22N2O5S2/c1-10-3-4-11(2)14(7-10)23(20,21)16-6-5-15-12-8-22(18,19)9-13(12)17/h3-4,7,12-13,15-17H,5-6,8-9H2,1-2H3/t12-,13+/m0/s1. The number of sulfonamides is 1. The van der Waals surface area contributed by atoms with Gasteiger partial charge in [0.2, 0.25) is 10.0 Å². The Hall–Kier alpha value is -1.00. The third-order valence-electron chi connectivity index (χ3n) is 3.78. The summed E-state index contributed by atoms with van der Waals surface area (Å²) < 4.78 is 49.8. The molecule has 0 amide bonds. The highest BCUT2D eigenvalue weighted by molar-refractivity contribution is 7.91. The Morgan fingerprint density at radius 2 is 1.91 bits per heavy atom. The van der Waals surface area contributed by atoms with Gasteiger partial charge in [-0.3, -0.25) is 0 Å². The Kier molecular flexibility index (Phi) is 5.47. The predicted octanol–water partition coefficient (Wildman–Crippen LogP) is -0.671. The van der Waals surface area contributed by atoms with Crippen molar-refractivity contribution in [1.29, 1.82) is 0 Å². The maximum Gasteiger partial charge on any atom is 0.240 e. The van der Waals surface area contributed by atoms with Crippen LogP contribution in [0.4, 0.5) is 0 Å². The average Bonchev–Trinajstić information content (AvgIpc) is 2.70. The Balaban J connectivity index is 1.90. The summed E-state index contributed by atoms with van der Waals surface area (Å²) in [5.41, 5.74) is 1.52. The van der Waals surface area contributed by atoms with Crippen LogP contribution in [0.2, 0.25) is 0 Å². The highest BCUT2D eigenvalue weighted by Crippen LogP contribution is 2.16. The summed E-state index contributed by atoms with van der Waals surface area (Å²) in [6.45, 7) is 3.90. The molecule has 1 saturated heterocycles. The van der Waals surface area contributed by atoms with Gasteiger partial charge in [0.25, 0.3) is 0 Å². The lowest BCUT2D eigenvalue weighted by Crippen LogP contribution is -2.42. The van der Waals surface area contributed by atoms with Crippen LogP contribution in [0.5, 0.6) is 0 Å². The third kappa shape index (κ3) is 4.74. The van der Waals surface area contributed by atoms with E-state index in [0.717, 1.165) is 5.56 Å². The summed E-state index contributed by atoms with van der Waals surface area (Å²) in [6.07, 6.45) is -0.948. The number of sulfone groups is 1. The monoisotopic (exact) mass is 362 g/mol. The summed E-state index contributed by atoms with van der Waals surface area (Å²) in [7, 11) is -6.83. The highest BCUT2D eigenvalue weighted by atomic mass is 32.2. The molecule has 9 heteroatoms. The van der Waals surface area contributed by atoms with Crippen LogP contribution in [0.25, 0.3) is 0 Å². The third-order valence-corrected chi connectivity index (χ3v) is 7.10. The van der Waals surface area contributed by atoms with E-state index in [1.165, 1.54) is 0 Å². The zero-order chi connectivity index (χ0) is 17.3. The van der Waals surface area contributed by atoms with Gasteiger partial charge in [0.15, 0.2) is 9.84 Å². The van der Waals surface area contributed by atoms with Crippen LogP contribution in [0.15, 0.2) is 23.1 Å². The van der Waals surface area contributed by atoms with Crippen molar-refractivity contribution in [3.8, 4) is 0 Å². The van der Waals surface area contributed by atoms with Gasteiger partial charge in [0, 0.05) is 19.1 Å². The van der Waals surface area contributed by atoms with Crippen molar-refractivity contribution in [3.05, 3.63) is 29.3 Å². The maximum atomic E-state index is 12.3. The van der Waals surface area contributed by atoms with Gasteiger partial charge >= 0.3 is 0 Å². The number of rotatable bonds is 6. The fraction of sp³-hybridized carbons (Fsp3) is 0.571. The van der Waals surface area contributed by atoms with Gasteiger partial charge in [-0.2, -0.15) is 0 Å². The van der Waals surface area contributed by atoms with Gasteiger partial charge in [0.05, 0.1) is 22.5 Å². The molecule has 1 aliphatic rings. The maximum absolute atomic E-state index is 12.3. The molecule has 1 aromatic rings. The minimum Gasteiger partial charge on any atom is -0.390 e. The lowest BCUT2D eigenvalue weighted by molar-refractivity contribution is 0.166. The summed E-state index contributed by atoms with van der Waals surface area (Å²) in [5.74, 6) is -0.378. The van der Waals surface area contributed by atoms with Crippen molar-refractivity contribution in [2.45, 2.75) is 30.9 Å². The number of hydrogen-bond acceptors (Lipinski definition) is 6. The van der Waals surface area contributed by atoms with E-state index in [1.807, 2.05) is 13.0 Å². The molecule has 0 radical (unpaired) electrons. The fourth-order valence-electron chi connectivity index (χ4n) is 2.54. The Bertz CT molecular complexity index is 774. The lowest BCUT2D eigenvalue weighted by Gasteiger charge is -2.15. The molecule has 7 nitrogen and oxygen atoms in total. The second-order valence-electron chi connectivity index (χ2n) is 5.87. The molecule has 2 rings (SSSR count). The van der Waals surface area contributed by atoms with Gasteiger partial charge in [-0.15, -0.1) is 0 Å². The van der Waals surface area contributed by atoms with Crippen LogP contribution in [-0.4, -0.2) is 58.7 Å². The number of benzene rings is 1. The number of aryl methyl sites for hydroxylation is 2. The molecule has 3 N–H and O–H groups in total. The number of aliphatic hydroxyl groups is 1. The molecule has 1 aromatic carbocycles. The van der Waals surface area contributed by atoms with Crippen LogP contribution in [0.1, 0.15) is 11.1 Å². The van der Waals surface area contributed by atoms with E-state index in [0.29, 0.717) is 5.56 Å².